The lowest BCUT2D eigenvalue weighted by molar-refractivity contribution is 0.317. The zero-order valence-electron chi connectivity index (χ0n) is 16.9. The predicted molar refractivity (Wildman–Crippen MR) is 122 cm³/mol. The van der Waals surface area contributed by atoms with Gasteiger partial charge in [0.15, 0.2) is 0 Å². The maximum atomic E-state index is 9.65. The molecule has 150 valence electrons. The molecule has 0 aliphatic heterocycles. The first-order chi connectivity index (χ1) is 14.6. The molecule has 0 unspecified atom stereocenters. The minimum absolute atomic E-state index is 0.247. The molecule has 0 fully saturated rings. The van der Waals surface area contributed by atoms with Gasteiger partial charge >= 0.3 is 0 Å². The first-order valence-corrected chi connectivity index (χ1v) is 10.1. The smallest absolute Gasteiger partial charge is 0.119 e. The van der Waals surface area contributed by atoms with Crippen molar-refractivity contribution in [3.63, 3.8) is 0 Å². The van der Waals surface area contributed by atoms with E-state index in [9.17, 15) is 10.2 Å². The molecule has 3 heteroatoms. The van der Waals surface area contributed by atoms with Gasteiger partial charge in [-0.1, -0.05) is 43.3 Å². The molecule has 0 spiro atoms. The van der Waals surface area contributed by atoms with Crippen LogP contribution in [-0.4, -0.2) is 16.8 Å². The van der Waals surface area contributed by atoms with Gasteiger partial charge in [0.2, 0.25) is 0 Å². The van der Waals surface area contributed by atoms with Gasteiger partial charge in [0.25, 0.3) is 0 Å². The van der Waals surface area contributed by atoms with E-state index in [0.717, 1.165) is 45.6 Å². The molecule has 4 aromatic carbocycles. The van der Waals surface area contributed by atoms with Gasteiger partial charge in [-0.25, -0.2) is 0 Å². The highest BCUT2D eigenvalue weighted by Gasteiger charge is 2.08. The summed E-state index contributed by atoms with van der Waals surface area (Å²) >= 11 is 0. The third kappa shape index (κ3) is 4.47. The molecule has 30 heavy (non-hydrogen) atoms. The van der Waals surface area contributed by atoms with Crippen molar-refractivity contribution in [2.75, 3.05) is 6.61 Å². The van der Waals surface area contributed by atoms with Crippen molar-refractivity contribution < 1.29 is 14.9 Å². The van der Waals surface area contributed by atoms with Gasteiger partial charge < -0.3 is 14.9 Å². The SMILES string of the molecule is CCCOc1ccc(-c2cc(-c3ccc(O)cc3)cc(-c3ccc(O)cc3)c2)cc1. The van der Waals surface area contributed by atoms with Crippen LogP contribution in [0.25, 0.3) is 33.4 Å². The van der Waals surface area contributed by atoms with E-state index in [4.69, 9.17) is 4.74 Å². The van der Waals surface area contributed by atoms with Gasteiger partial charge in [0.1, 0.15) is 17.2 Å². The molecule has 3 nitrogen and oxygen atoms in total. The summed E-state index contributed by atoms with van der Waals surface area (Å²) in [7, 11) is 0. The summed E-state index contributed by atoms with van der Waals surface area (Å²) in [4.78, 5) is 0. The molecular formula is C27H24O3. The standard InChI is InChI=1S/C27H24O3/c1-2-15-30-27-13-7-21(8-14-27)24-17-22(19-3-9-25(28)10-4-19)16-23(18-24)20-5-11-26(29)12-6-20/h3-14,16-18,28-29H,2,15H2,1H3. The van der Waals surface area contributed by atoms with E-state index in [0.29, 0.717) is 6.61 Å². The molecule has 0 saturated heterocycles. The number of aromatic hydroxyl groups is 2. The number of phenolic OH excluding ortho intramolecular Hbond substituents is 2. The molecule has 0 radical (unpaired) electrons. The van der Waals surface area contributed by atoms with E-state index in [-0.39, 0.29) is 11.5 Å². The molecule has 0 heterocycles. The monoisotopic (exact) mass is 396 g/mol. The quantitative estimate of drug-likeness (QED) is 0.373. The summed E-state index contributed by atoms with van der Waals surface area (Å²) in [5.74, 6) is 1.36. The van der Waals surface area contributed by atoms with Crippen LogP contribution in [0.4, 0.5) is 0 Å². The first-order valence-electron chi connectivity index (χ1n) is 10.1. The normalized spacial score (nSPS) is 10.7. The topological polar surface area (TPSA) is 49.7 Å². The zero-order chi connectivity index (χ0) is 20.9. The third-order valence-electron chi connectivity index (χ3n) is 4.99. The molecular weight excluding hydrogens is 372 g/mol. The molecule has 0 atom stereocenters. The van der Waals surface area contributed by atoms with Crippen molar-refractivity contribution >= 4 is 0 Å². The number of phenols is 2. The second-order valence-corrected chi connectivity index (χ2v) is 7.27. The van der Waals surface area contributed by atoms with Crippen LogP contribution in [0.3, 0.4) is 0 Å². The average molecular weight is 396 g/mol. The van der Waals surface area contributed by atoms with Crippen LogP contribution in [0, 0.1) is 0 Å². The zero-order valence-corrected chi connectivity index (χ0v) is 16.9. The minimum Gasteiger partial charge on any atom is -0.508 e. The fraction of sp³-hybridized carbons (Fsp3) is 0.111. The van der Waals surface area contributed by atoms with E-state index in [1.54, 1.807) is 24.3 Å². The summed E-state index contributed by atoms with van der Waals surface area (Å²) in [6.45, 7) is 2.80. The number of ether oxygens (including phenoxy) is 1. The van der Waals surface area contributed by atoms with Crippen molar-refractivity contribution in [1.29, 1.82) is 0 Å². The first kappa shape index (κ1) is 19.6. The van der Waals surface area contributed by atoms with Crippen LogP contribution in [0.1, 0.15) is 13.3 Å². The van der Waals surface area contributed by atoms with Crippen LogP contribution < -0.4 is 4.74 Å². The Morgan fingerprint density at radius 1 is 0.533 bits per heavy atom. The number of benzene rings is 4. The van der Waals surface area contributed by atoms with Crippen LogP contribution in [0.15, 0.2) is 91.0 Å². The predicted octanol–water partition coefficient (Wildman–Crippen LogP) is 6.89. The van der Waals surface area contributed by atoms with Crippen LogP contribution in [0.2, 0.25) is 0 Å². The molecule has 0 aromatic heterocycles. The molecule has 0 aliphatic carbocycles. The molecule has 0 amide bonds. The van der Waals surface area contributed by atoms with E-state index in [1.165, 1.54) is 0 Å². The number of hydrogen-bond donors (Lipinski definition) is 2. The summed E-state index contributed by atoms with van der Waals surface area (Å²) in [6.07, 6.45) is 0.979. The van der Waals surface area contributed by atoms with Crippen LogP contribution in [0.5, 0.6) is 17.2 Å². The summed E-state index contributed by atoms with van der Waals surface area (Å²) in [5, 5.41) is 19.3. The van der Waals surface area contributed by atoms with Gasteiger partial charge in [-0.2, -0.15) is 0 Å². The van der Waals surface area contributed by atoms with Gasteiger partial charge in [0, 0.05) is 0 Å². The Kier molecular flexibility index (Phi) is 5.71. The van der Waals surface area contributed by atoms with Crippen LogP contribution in [-0.2, 0) is 0 Å². The summed E-state index contributed by atoms with van der Waals surface area (Å²) in [6, 6.07) is 29.0. The lowest BCUT2D eigenvalue weighted by atomic mass is 9.93. The van der Waals surface area contributed by atoms with Crippen LogP contribution >= 0.6 is 0 Å². The Morgan fingerprint density at radius 3 is 1.27 bits per heavy atom. The highest BCUT2D eigenvalue weighted by Crippen LogP contribution is 2.34. The van der Waals surface area contributed by atoms with Crippen molar-refractivity contribution in [2.45, 2.75) is 13.3 Å². The molecule has 0 saturated carbocycles. The molecule has 0 aliphatic rings. The molecule has 4 rings (SSSR count). The van der Waals surface area contributed by atoms with Crippen molar-refractivity contribution in [2.24, 2.45) is 0 Å². The second kappa shape index (κ2) is 8.75. The Labute approximate surface area is 176 Å². The molecule has 0 bridgehead atoms. The van der Waals surface area contributed by atoms with Crippen molar-refractivity contribution in [3.8, 4) is 50.6 Å². The Hall–Kier alpha value is -3.72. The Balaban J connectivity index is 1.78. The fourth-order valence-corrected chi connectivity index (χ4v) is 3.40. The van der Waals surface area contributed by atoms with E-state index < -0.39 is 0 Å². The lowest BCUT2D eigenvalue weighted by Gasteiger charge is -2.12. The lowest BCUT2D eigenvalue weighted by Crippen LogP contribution is -1.94. The highest BCUT2D eigenvalue weighted by molar-refractivity contribution is 5.81. The summed E-state index contributed by atoms with van der Waals surface area (Å²) < 4.78 is 5.71. The number of rotatable bonds is 6. The molecule has 4 aromatic rings. The Bertz CT molecular complexity index is 1050. The van der Waals surface area contributed by atoms with Gasteiger partial charge in [0.05, 0.1) is 6.61 Å². The largest absolute Gasteiger partial charge is 0.508 e. The minimum atomic E-state index is 0.247. The van der Waals surface area contributed by atoms with Gasteiger partial charge in [-0.05, 0) is 94.4 Å². The maximum absolute atomic E-state index is 9.65. The van der Waals surface area contributed by atoms with E-state index in [1.807, 2.05) is 36.4 Å². The second-order valence-electron chi connectivity index (χ2n) is 7.27. The number of hydrogen-bond acceptors (Lipinski definition) is 3. The van der Waals surface area contributed by atoms with Crippen molar-refractivity contribution in [3.05, 3.63) is 91.0 Å². The third-order valence-corrected chi connectivity index (χ3v) is 4.99. The van der Waals surface area contributed by atoms with Crippen molar-refractivity contribution in [1.82, 2.24) is 0 Å². The van der Waals surface area contributed by atoms with E-state index >= 15 is 0 Å². The van der Waals surface area contributed by atoms with Gasteiger partial charge in [-0.3, -0.25) is 0 Å². The highest BCUT2D eigenvalue weighted by atomic mass is 16.5. The summed E-state index contributed by atoms with van der Waals surface area (Å²) in [5.41, 5.74) is 6.35. The van der Waals surface area contributed by atoms with Gasteiger partial charge in [-0.15, -0.1) is 0 Å². The average Bonchev–Trinajstić information content (AvgIpc) is 2.79. The Morgan fingerprint density at radius 2 is 0.900 bits per heavy atom. The fourth-order valence-electron chi connectivity index (χ4n) is 3.40. The molecule has 2 N–H and O–H groups in total. The maximum Gasteiger partial charge on any atom is 0.119 e. The van der Waals surface area contributed by atoms with E-state index in [2.05, 4.69) is 37.3 Å².